The largest absolute Gasteiger partial charge is 0.344 e. The minimum atomic E-state index is -0.228. The molecule has 3 rings (SSSR count). The SMILES string of the molecule is O=C(N[C@@H]1CCc2cc(F)ccc21)c1ccn[nH]1. The lowest BCUT2D eigenvalue weighted by Crippen LogP contribution is -2.27. The summed E-state index contributed by atoms with van der Waals surface area (Å²) >= 11 is 0. The second-order valence-corrected chi connectivity index (χ2v) is 4.38. The van der Waals surface area contributed by atoms with Gasteiger partial charge in [0.15, 0.2) is 0 Å². The van der Waals surface area contributed by atoms with Crippen molar-refractivity contribution in [3.8, 4) is 0 Å². The van der Waals surface area contributed by atoms with E-state index in [1.165, 1.54) is 18.3 Å². The number of hydrogen-bond acceptors (Lipinski definition) is 2. The fourth-order valence-corrected chi connectivity index (χ4v) is 2.35. The fraction of sp³-hybridized carbons (Fsp3) is 0.231. The Morgan fingerprint density at radius 2 is 2.33 bits per heavy atom. The minimum Gasteiger partial charge on any atom is -0.344 e. The van der Waals surface area contributed by atoms with Crippen molar-refractivity contribution in [2.75, 3.05) is 0 Å². The maximum absolute atomic E-state index is 13.1. The number of hydrogen-bond donors (Lipinski definition) is 2. The molecule has 0 saturated carbocycles. The van der Waals surface area contributed by atoms with Gasteiger partial charge in [-0.1, -0.05) is 6.07 Å². The summed E-state index contributed by atoms with van der Waals surface area (Å²) in [4.78, 5) is 11.9. The van der Waals surface area contributed by atoms with Gasteiger partial charge in [0.25, 0.3) is 5.91 Å². The summed E-state index contributed by atoms with van der Waals surface area (Å²) in [5.41, 5.74) is 2.42. The van der Waals surface area contributed by atoms with Crippen molar-refractivity contribution in [3.63, 3.8) is 0 Å². The summed E-state index contributed by atoms with van der Waals surface area (Å²) in [5.74, 6) is -0.413. The first kappa shape index (κ1) is 11.0. The van der Waals surface area contributed by atoms with Gasteiger partial charge in [-0.15, -0.1) is 0 Å². The molecule has 1 aliphatic carbocycles. The van der Waals surface area contributed by atoms with Crippen LogP contribution < -0.4 is 5.32 Å². The highest BCUT2D eigenvalue weighted by atomic mass is 19.1. The summed E-state index contributed by atoms with van der Waals surface area (Å²) in [5, 5.41) is 9.28. The van der Waals surface area contributed by atoms with Crippen LogP contribution >= 0.6 is 0 Å². The molecule has 0 unspecified atom stereocenters. The van der Waals surface area contributed by atoms with Gasteiger partial charge < -0.3 is 5.32 Å². The number of fused-ring (bicyclic) bond motifs is 1. The zero-order valence-electron chi connectivity index (χ0n) is 9.61. The van der Waals surface area contributed by atoms with Crippen LogP contribution in [0.15, 0.2) is 30.5 Å². The Hall–Kier alpha value is -2.17. The zero-order chi connectivity index (χ0) is 12.5. The molecule has 18 heavy (non-hydrogen) atoms. The first-order valence-corrected chi connectivity index (χ1v) is 5.82. The summed E-state index contributed by atoms with van der Waals surface area (Å²) in [6, 6.07) is 6.29. The molecule has 92 valence electrons. The molecule has 1 amide bonds. The molecule has 1 heterocycles. The van der Waals surface area contributed by atoms with E-state index >= 15 is 0 Å². The van der Waals surface area contributed by atoms with Crippen LogP contribution in [0.3, 0.4) is 0 Å². The average molecular weight is 245 g/mol. The van der Waals surface area contributed by atoms with Crippen molar-refractivity contribution in [3.05, 3.63) is 53.1 Å². The predicted octanol–water partition coefficient (Wildman–Crippen LogP) is 1.97. The molecular weight excluding hydrogens is 233 g/mol. The lowest BCUT2D eigenvalue weighted by atomic mass is 10.1. The van der Waals surface area contributed by atoms with Crippen molar-refractivity contribution in [1.29, 1.82) is 0 Å². The average Bonchev–Trinajstić information content (AvgIpc) is 2.98. The summed E-state index contributed by atoms with van der Waals surface area (Å²) in [6.45, 7) is 0. The van der Waals surface area contributed by atoms with Gasteiger partial charge in [0, 0.05) is 6.20 Å². The van der Waals surface area contributed by atoms with Gasteiger partial charge in [0.2, 0.25) is 0 Å². The van der Waals surface area contributed by atoms with E-state index in [-0.39, 0.29) is 17.8 Å². The molecule has 0 fully saturated rings. The number of nitrogens with zero attached hydrogens (tertiary/aromatic N) is 1. The molecule has 0 saturated heterocycles. The molecule has 0 spiro atoms. The second-order valence-electron chi connectivity index (χ2n) is 4.38. The van der Waals surface area contributed by atoms with Gasteiger partial charge >= 0.3 is 0 Å². The molecule has 4 nitrogen and oxygen atoms in total. The van der Waals surface area contributed by atoms with Gasteiger partial charge in [-0.2, -0.15) is 5.10 Å². The Balaban J connectivity index is 1.79. The van der Waals surface area contributed by atoms with Gasteiger partial charge in [-0.3, -0.25) is 9.89 Å². The van der Waals surface area contributed by atoms with Crippen molar-refractivity contribution in [1.82, 2.24) is 15.5 Å². The third-order valence-electron chi connectivity index (χ3n) is 3.23. The van der Waals surface area contributed by atoms with E-state index in [4.69, 9.17) is 0 Å². The van der Waals surface area contributed by atoms with E-state index < -0.39 is 0 Å². The number of amides is 1. The first-order chi connectivity index (χ1) is 8.74. The van der Waals surface area contributed by atoms with Crippen molar-refractivity contribution < 1.29 is 9.18 Å². The zero-order valence-corrected chi connectivity index (χ0v) is 9.61. The monoisotopic (exact) mass is 245 g/mol. The Morgan fingerprint density at radius 1 is 1.44 bits per heavy atom. The van der Waals surface area contributed by atoms with Crippen LogP contribution in [0.25, 0.3) is 0 Å². The molecule has 1 aromatic heterocycles. The topological polar surface area (TPSA) is 57.8 Å². The Bertz CT molecular complexity index is 580. The minimum absolute atomic E-state index is 0.0450. The maximum atomic E-state index is 13.1. The van der Waals surface area contributed by atoms with Crippen LogP contribution in [0.1, 0.15) is 34.1 Å². The van der Waals surface area contributed by atoms with Crippen molar-refractivity contribution >= 4 is 5.91 Å². The lowest BCUT2D eigenvalue weighted by Gasteiger charge is -2.13. The van der Waals surface area contributed by atoms with E-state index in [1.54, 1.807) is 12.1 Å². The van der Waals surface area contributed by atoms with Crippen LogP contribution in [0, 0.1) is 5.82 Å². The number of aromatic nitrogens is 2. The number of nitrogens with one attached hydrogen (secondary N) is 2. The summed E-state index contributed by atoms with van der Waals surface area (Å²) in [7, 11) is 0. The summed E-state index contributed by atoms with van der Waals surface area (Å²) in [6.07, 6.45) is 3.13. The third kappa shape index (κ3) is 1.88. The number of halogens is 1. The Kier molecular flexibility index (Phi) is 2.59. The second kappa shape index (κ2) is 4.25. The quantitative estimate of drug-likeness (QED) is 0.849. The van der Waals surface area contributed by atoms with E-state index in [2.05, 4.69) is 15.5 Å². The van der Waals surface area contributed by atoms with E-state index in [0.29, 0.717) is 5.69 Å². The van der Waals surface area contributed by atoms with E-state index in [0.717, 1.165) is 24.0 Å². The predicted molar refractivity (Wildman–Crippen MR) is 63.5 cm³/mol. The number of carbonyl (C=O) groups excluding carboxylic acids is 1. The van der Waals surface area contributed by atoms with Gasteiger partial charge in [0.05, 0.1) is 6.04 Å². The Morgan fingerprint density at radius 3 is 3.11 bits per heavy atom. The van der Waals surface area contributed by atoms with Crippen molar-refractivity contribution in [2.24, 2.45) is 0 Å². The molecule has 0 radical (unpaired) electrons. The molecule has 0 bridgehead atoms. The number of benzene rings is 1. The van der Waals surface area contributed by atoms with Crippen LogP contribution in [-0.2, 0) is 6.42 Å². The van der Waals surface area contributed by atoms with E-state index in [9.17, 15) is 9.18 Å². The molecule has 1 aliphatic rings. The standard InChI is InChI=1S/C13H12FN3O/c14-9-2-3-10-8(7-9)1-4-11(10)16-13(18)12-5-6-15-17-12/h2-3,5-7,11H,1,4H2,(H,15,17)(H,16,18)/t11-/m1/s1. The molecule has 0 aliphatic heterocycles. The fourth-order valence-electron chi connectivity index (χ4n) is 2.35. The van der Waals surface area contributed by atoms with Gasteiger partial charge in [-0.05, 0) is 42.2 Å². The normalized spacial score (nSPS) is 17.5. The van der Waals surface area contributed by atoms with E-state index in [1.807, 2.05) is 0 Å². The smallest absolute Gasteiger partial charge is 0.269 e. The highest BCUT2D eigenvalue weighted by molar-refractivity contribution is 5.92. The highest BCUT2D eigenvalue weighted by Crippen LogP contribution is 2.31. The molecule has 5 heteroatoms. The third-order valence-corrected chi connectivity index (χ3v) is 3.23. The van der Waals surface area contributed by atoms with Crippen LogP contribution in [0.5, 0.6) is 0 Å². The lowest BCUT2D eigenvalue weighted by molar-refractivity contribution is 0.0931. The van der Waals surface area contributed by atoms with Gasteiger partial charge in [0.1, 0.15) is 11.5 Å². The number of rotatable bonds is 2. The maximum Gasteiger partial charge on any atom is 0.269 e. The molecular formula is C13H12FN3O. The number of aromatic amines is 1. The number of aryl methyl sites for hydroxylation is 1. The van der Waals surface area contributed by atoms with Crippen LogP contribution in [0.4, 0.5) is 4.39 Å². The van der Waals surface area contributed by atoms with Crippen LogP contribution in [0.2, 0.25) is 0 Å². The summed E-state index contributed by atoms with van der Waals surface area (Å²) < 4.78 is 13.1. The van der Waals surface area contributed by atoms with Crippen LogP contribution in [-0.4, -0.2) is 16.1 Å². The van der Waals surface area contributed by atoms with Crippen molar-refractivity contribution in [2.45, 2.75) is 18.9 Å². The van der Waals surface area contributed by atoms with Gasteiger partial charge in [-0.25, -0.2) is 4.39 Å². The number of carbonyl (C=O) groups is 1. The molecule has 1 aromatic carbocycles. The molecule has 2 aromatic rings. The Labute approximate surface area is 103 Å². The molecule has 1 atom stereocenters. The first-order valence-electron chi connectivity index (χ1n) is 5.82. The molecule has 2 N–H and O–H groups in total. The number of H-pyrrole nitrogens is 1. The highest BCUT2D eigenvalue weighted by Gasteiger charge is 2.24.